The summed E-state index contributed by atoms with van der Waals surface area (Å²) in [4.78, 5) is 34.5. The number of carbonyl (C=O) groups is 2. The lowest BCUT2D eigenvalue weighted by Crippen LogP contribution is -2.54. The molecule has 1 fully saturated rings. The van der Waals surface area contributed by atoms with Gasteiger partial charge >= 0.3 is 0 Å². The number of nitrogens with one attached hydrogen (secondary N) is 2. The maximum absolute atomic E-state index is 13.3. The number of aliphatic hydroxyl groups is 1. The van der Waals surface area contributed by atoms with Gasteiger partial charge in [0.2, 0.25) is 11.8 Å². The smallest absolute Gasteiger partial charge is 0.246 e. The van der Waals surface area contributed by atoms with Crippen LogP contribution in [-0.4, -0.2) is 50.5 Å². The maximum atomic E-state index is 13.3. The van der Waals surface area contributed by atoms with Crippen molar-refractivity contribution in [3.05, 3.63) is 52.0 Å². The number of imidazole rings is 1. The number of benzene rings is 1. The van der Waals surface area contributed by atoms with E-state index in [-0.39, 0.29) is 24.4 Å². The molecule has 2 heterocycles. The minimum atomic E-state index is -0.681. The van der Waals surface area contributed by atoms with Gasteiger partial charge < -0.3 is 20.3 Å². The summed E-state index contributed by atoms with van der Waals surface area (Å²) in [7, 11) is 0. The molecule has 0 saturated carbocycles. The van der Waals surface area contributed by atoms with E-state index in [0.717, 1.165) is 15.7 Å². The first-order valence-electron chi connectivity index (χ1n) is 10.1. The van der Waals surface area contributed by atoms with Gasteiger partial charge in [-0.05, 0) is 23.1 Å². The van der Waals surface area contributed by atoms with Crippen LogP contribution in [0.1, 0.15) is 57.2 Å². The van der Waals surface area contributed by atoms with Gasteiger partial charge in [0.1, 0.15) is 11.9 Å². The van der Waals surface area contributed by atoms with Gasteiger partial charge in [-0.15, -0.1) is 0 Å². The maximum Gasteiger partial charge on any atom is 0.246 e. The second kappa shape index (κ2) is 8.89. The van der Waals surface area contributed by atoms with Crippen LogP contribution >= 0.6 is 15.9 Å². The highest BCUT2D eigenvalue weighted by atomic mass is 79.9. The number of amides is 2. The molecule has 3 rings (SSSR count). The van der Waals surface area contributed by atoms with Crippen molar-refractivity contribution in [2.24, 2.45) is 5.41 Å². The van der Waals surface area contributed by atoms with Gasteiger partial charge in [0.05, 0.1) is 12.1 Å². The molecular weight excluding hydrogens is 448 g/mol. The minimum absolute atomic E-state index is 0.204. The zero-order valence-electron chi connectivity index (χ0n) is 17.8. The van der Waals surface area contributed by atoms with Crippen molar-refractivity contribution in [1.82, 2.24) is 20.2 Å². The number of rotatable bonds is 5. The highest BCUT2D eigenvalue weighted by Crippen LogP contribution is 2.33. The number of carbonyl (C=O) groups excluding carboxylic acids is 2. The highest BCUT2D eigenvalue weighted by Gasteiger charge is 2.43. The van der Waals surface area contributed by atoms with Crippen LogP contribution in [0.25, 0.3) is 0 Å². The van der Waals surface area contributed by atoms with Crippen molar-refractivity contribution in [1.29, 1.82) is 0 Å². The number of aliphatic hydroxyl groups excluding tert-OH is 1. The molecule has 1 unspecified atom stereocenters. The fraction of sp³-hybridized carbons (Fsp3) is 0.500. The lowest BCUT2D eigenvalue weighted by atomic mass is 9.85. The van der Waals surface area contributed by atoms with Crippen LogP contribution in [0.15, 0.2) is 34.9 Å². The minimum Gasteiger partial charge on any atom is -0.391 e. The van der Waals surface area contributed by atoms with Crippen molar-refractivity contribution < 1.29 is 14.7 Å². The lowest BCUT2D eigenvalue weighted by Gasteiger charge is -2.35. The SMILES string of the molecule is CC(=O)NC(C(=O)N1C[C@H](O)C[C@H]1c1ncc(Cc2ccc(Br)cc2)[nH]1)C(C)(C)C. The molecule has 0 bridgehead atoms. The summed E-state index contributed by atoms with van der Waals surface area (Å²) >= 11 is 3.44. The quantitative estimate of drug-likeness (QED) is 0.617. The third-order valence-corrected chi connectivity index (χ3v) is 5.82. The molecule has 2 amide bonds. The first-order valence-corrected chi connectivity index (χ1v) is 10.9. The van der Waals surface area contributed by atoms with Gasteiger partial charge in [0.15, 0.2) is 0 Å². The fourth-order valence-electron chi connectivity index (χ4n) is 3.79. The summed E-state index contributed by atoms with van der Waals surface area (Å²) in [5.74, 6) is 0.196. The molecule has 0 spiro atoms. The van der Waals surface area contributed by atoms with Gasteiger partial charge in [-0.3, -0.25) is 9.59 Å². The van der Waals surface area contributed by atoms with Gasteiger partial charge in [0.25, 0.3) is 0 Å². The van der Waals surface area contributed by atoms with Crippen molar-refractivity contribution in [2.75, 3.05) is 6.54 Å². The van der Waals surface area contributed by atoms with E-state index in [1.165, 1.54) is 6.92 Å². The summed E-state index contributed by atoms with van der Waals surface area (Å²) in [5.41, 5.74) is 1.62. The van der Waals surface area contributed by atoms with Gasteiger partial charge in [-0.25, -0.2) is 4.98 Å². The van der Waals surface area contributed by atoms with Gasteiger partial charge in [-0.2, -0.15) is 0 Å². The molecule has 1 aromatic heterocycles. The predicted octanol–water partition coefficient (Wildman–Crippen LogP) is 2.95. The summed E-state index contributed by atoms with van der Waals surface area (Å²) < 4.78 is 1.03. The Morgan fingerprint density at radius 1 is 1.33 bits per heavy atom. The van der Waals surface area contributed by atoms with E-state index >= 15 is 0 Å². The number of hydrogen-bond donors (Lipinski definition) is 3. The lowest BCUT2D eigenvalue weighted by molar-refractivity contribution is -0.140. The van der Waals surface area contributed by atoms with Crippen LogP contribution in [0.4, 0.5) is 0 Å². The fourth-order valence-corrected chi connectivity index (χ4v) is 4.06. The molecule has 162 valence electrons. The average Bonchev–Trinajstić information content (AvgIpc) is 3.26. The van der Waals surface area contributed by atoms with E-state index < -0.39 is 17.6 Å². The van der Waals surface area contributed by atoms with Crippen molar-refractivity contribution in [3.8, 4) is 0 Å². The molecule has 0 aliphatic carbocycles. The van der Waals surface area contributed by atoms with E-state index in [1.807, 2.05) is 45.0 Å². The Bertz CT molecular complexity index is 904. The molecule has 7 nitrogen and oxygen atoms in total. The topological polar surface area (TPSA) is 98.3 Å². The van der Waals surface area contributed by atoms with Gasteiger partial charge in [0, 0.05) is 42.7 Å². The molecule has 30 heavy (non-hydrogen) atoms. The number of halogens is 1. The van der Waals surface area contributed by atoms with Crippen LogP contribution < -0.4 is 5.32 Å². The summed E-state index contributed by atoms with van der Waals surface area (Å²) in [6, 6.07) is 7.04. The number of nitrogens with zero attached hydrogens (tertiary/aromatic N) is 2. The number of β-amino-alcohol motifs (C(OH)–C–C–N with tert-alkyl or cyclic N) is 1. The summed E-state index contributed by atoms with van der Waals surface area (Å²) in [6.07, 6.45) is 2.25. The molecular formula is C22H29BrN4O3. The Morgan fingerprint density at radius 3 is 2.60 bits per heavy atom. The molecule has 1 aliphatic heterocycles. The van der Waals surface area contributed by atoms with E-state index in [1.54, 1.807) is 11.1 Å². The third kappa shape index (κ3) is 5.29. The zero-order chi connectivity index (χ0) is 22.1. The number of H-pyrrole nitrogens is 1. The Morgan fingerprint density at radius 2 is 2.00 bits per heavy atom. The monoisotopic (exact) mass is 476 g/mol. The van der Waals surface area contributed by atoms with Crippen LogP contribution in [0.5, 0.6) is 0 Å². The summed E-state index contributed by atoms with van der Waals surface area (Å²) in [5, 5.41) is 13.1. The Balaban J connectivity index is 1.80. The van der Waals surface area contributed by atoms with Crippen molar-refractivity contribution >= 4 is 27.7 Å². The second-order valence-electron chi connectivity index (χ2n) is 8.99. The molecule has 1 aliphatic rings. The van der Waals surface area contributed by atoms with Crippen LogP contribution in [-0.2, 0) is 16.0 Å². The molecule has 1 aromatic carbocycles. The van der Waals surface area contributed by atoms with Gasteiger partial charge in [-0.1, -0.05) is 48.8 Å². The Labute approximate surface area is 185 Å². The Kier molecular flexibility index (Phi) is 6.67. The van der Waals surface area contributed by atoms with Crippen LogP contribution in [0, 0.1) is 5.41 Å². The zero-order valence-corrected chi connectivity index (χ0v) is 19.4. The first kappa shape index (κ1) is 22.5. The van der Waals surface area contributed by atoms with Crippen molar-refractivity contribution in [3.63, 3.8) is 0 Å². The third-order valence-electron chi connectivity index (χ3n) is 5.29. The number of aromatic amines is 1. The van der Waals surface area contributed by atoms with E-state index in [2.05, 4.69) is 31.2 Å². The van der Waals surface area contributed by atoms with E-state index in [4.69, 9.17) is 0 Å². The first-order chi connectivity index (χ1) is 14.0. The van der Waals surface area contributed by atoms with Crippen LogP contribution in [0.3, 0.4) is 0 Å². The Hall–Kier alpha value is -2.19. The molecule has 3 N–H and O–H groups in total. The normalized spacial score (nSPS) is 20.3. The molecule has 3 atom stereocenters. The molecule has 0 radical (unpaired) electrons. The molecule has 1 saturated heterocycles. The number of aromatic nitrogens is 2. The average molecular weight is 477 g/mol. The van der Waals surface area contributed by atoms with Crippen molar-refractivity contribution in [2.45, 2.75) is 58.7 Å². The summed E-state index contributed by atoms with van der Waals surface area (Å²) in [6.45, 7) is 7.37. The molecule has 8 heteroatoms. The van der Waals surface area contributed by atoms with E-state index in [0.29, 0.717) is 18.7 Å². The molecule has 2 aromatic rings. The second-order valence-corrected chi connectivity index (χ2v) is 9.91. The van der Waals surface area contributed by atoms with E-state index in [9.17, 15) is 14.7 Å². The largest absolute Gasteiger partial charge is 0.391 e. The standard InChI is InChI=1S/C22H29BrN4O3/c1-13(28)25-19(22(2,3)4)21(30)27-12-17(29)10-18(27)20-24-11-16(26-20)9-14-5-7-15(23)8-6-14/h5-8,11,17-19,29H,9-10,12H2,1-4H3,(H,24,26)(H,25,28)/t17-,18+,19?/m1/s1. The predicted molar refractivity (Wildman–Crippen MR) is 118 cm³/mol. The number of likely N-dealkylation sites (tertiary alicyclic amines) is 1. The number of hydrogen-bond acceptors (Lipinski definition) is 4. The van der Waals surface area contributed by atoms with Crippen LogP contribution in [0.2, 0.25) is 0 Å². The highest BCUT2D eigenvalue weighted by molar-refractivity contribution is 9.10.